The fourth-order valence-corrected chi connectivity index (χ4v) is 0.597. The Morgan fingerprint density at radius 2 is 1.92 bits per heavy atom. The quantitative estimate of drug-likeness (QED) is 0.656. The maximum absolute atomic E-state index is 5.18. The number of nitrogens with zero attached hydrogens (tertiary/aromatic N) is 3. The molecule has 0 spiro atoms. The molecule has 0 unspecified atom stereocenters. The van der Waals surface area contributed by atoms with Crippen molar-refractivity contribution >= 4 is 0 Å². The van der Waals surface area contributed by atoms with Crippen LogP contribution in [0.25, 0.3) is 0 Å². The van der Waals surface area contributed by atoms with E-state index in [1.807, 2.05) is 13.8 Å². The van der Waals surface area contributed by atoms with Gasteiger partial charge in [0.1, 0.15) is 0 Å². The summed E-state index contributed by atoms with van der Waals surface area (Å²) in [6.07, 6.45) is 2.41. The van der Waals surface area contributed by atoms with Crippen LogP contribution in [0, 0.1) is 6.33 Å². The highest BCUT2D eigenvalue weighted by Gasteiger charge is 2.03. The summed E-state index contributed by atoms with van der Waals surface area (Å²) in [5, 5.41) is 0. The molecule has 1 heterocycles. The number of methoxy groups -OCH3 is 1. The highest BCUT2D eigenvalue weighted by Crippen LogP contribution is 2.06. The summed E-state index contributed by atoms with van der Waals surface area (Å²) in [6.45, 7) is 3.77. The van der Waals surface area contributed by atoms with Crippen LogP contribution in [-0.4, -0.2) is 28.2 Å². The molecule has 0 aliphatic rings. The monoisotopic (exact) mass is 168 g/mol. The van der Waals surface area contributed by atoms with Gasteiger partial charge in [-0.15, -0.1) is 4.98 Å². The van der Waals surface area contributed by atoms with Crippen molar-refractivity contribution in [2.45, 2.75) is 20.0 Å². The van der Waals surface area contributed by atoms with Crippen molar-refractivity contribution in [1.82, 2.24) is 15.0 Å². The molecule has 65 valence electrons. The molecule has 0 aliphatic heterocycles. The second-order valence-electron chi connectivity index (χ2n) is 2.37. The van der Waals surface area contributed by atoms with Gasteiger partial charge in [-0.1, -0.05) is 0 Å². The number of aromatic nitrogens is 3. The number of ether oxygens (including phenoxy) is 2. The Hall–Kier alpha value is -1.39. The maximum Gasteiger partial charge on any atom is 0.323 e. The summed E-state index contributed by atoms with van der Waals surface area (Å²) in [5.41, 5.74) is 0. The minimum absolute atomic E-state index is 0.0329. The second-order valence-corrected chi connectivity index (χ2v) is 2.37. The van der Waals surface area contributed by atoms with Gasteiger partial charge in [-0.25, -0.2) is 0 Å². The first-order chi connectivity index (χ1) is 5.72. The molecule has 0 amide bonds. The molecule has 0 saturated heterocycles. The Bertz CT molecular complexity index is 252. The van der Waals surface area contributed by atoms with Crippen molar-refractivity contribution < 1.29 is 9.47 Å². The van der Waals surface area contributed by atoms with Crippen LogP contribution in [0.2, 0.25) is 0 Å². The normalized spacial score (nSPS) is 10.0. The third-order valence-corrected chi connectivity index (χ3v) is 1.01. The minimum atomic E-state index is 0.0329. The molecule has 1 aromatic rings. The first kappa shape index (κ1) is 8.70. The molecule has 0 bridgehead atoms. The summed E-state index contributed by atoms with van der Waals surface area (Å²) in [7, 11) is 1.47. The second kappa shape index (κ2) is 3.85. The van der Waals surface area contributed by atoms with Crippen molar-refractivity contribution in [2.75, 3.05) is 7.11 Å². The molecule has 5 nitrogen and oxygen atoms in total. The smallest absolute Gasteiger partial charge is 0.323 e. The van der Waals surface area contributed by atoms with Crippen LogP contribution < -0.4 is 9.47 Å². The fourth-order valence-electron chi connectivity index (χ4n) is 0.597. The van der Waals surface area contributed by atoms with Gasteiger partial charge in [0.25, 0.3) is 0 Å². The molecular weight excluding hydrogens is 158 g/mol. The molecule has 0 saturated carbocycles. The Morgan fingerprint density at radius 3 is 2.50 bits per heavy atom. The van der Waals surface area contributed by atoms with Crippen LogP contribution in [0.4, 0.5) is 0 Å². The van der Waals surface area contributed by atoms with Crippen molar-refractivity contribution in [3.05, 3.63) is 6.33 Å². The van der Waals surface area contributed by atoms with Gasteiger partial charge >= 0.3 is 12.0 Å². The van der Waals surface area contributed by atoms with Crippen LogP contribution in [0.3, 0.4) is 0 Å². The van der Waals surface area contributed by atoms with Crippen LogP contribution >= 0.6 is 0 Å². The van der Waals surface area contributed by atoms with Crippen molar-refractivity contribution in [3.63, 3.8) is 0 Å². The predicted octanol–water partition coefficient (Wildman–Crippen LogP) is 0.468. The van der Waals surface area contributed by atoms with E-state index in [2.05, 4.69) is 21.3 Å². The molecule has 1 rings (SSSR count). The number of hydrogen-bond donors (Lipinski definition) is 0. The van der Waals surface area contributed by atoms with Crippen molar-refractivity contribution in [2.24, 2.45) is 0 Å². The van der Waals surface area contributed by atoms with Crippen LogP contribution in [-0.2, 0) is 0 Å². The number of rotatable bonds is 3. The zero-order valence-electron chi connectivity index (χ0n) is 7.24. The lowest BCUT2D eigenvalue weighted by Gasteiger charge is -2.06. The van der Waals surface area contributed by atoms with Gasteiger partial charge in [-0.2, -0.15) is 9.97 Å². The lowest BCUT2D eigenvalue weighted by Crippen LogP contribution is -2.09. The van der Waals surface area contributed by atoms with E-state index in [0.717, 1.165) is 0 Å². The van der Waals surface area contributed by atoms with E-state index >= 15 is 0 Å². The van der Waals surface area contributed by atoms with E-state index < -0.39 is 0 Å². The molecule has 5 heteroatoms. The van der Waals surface area contributed by atoms with Gasteiger partial charge in [-0.05, 0) is 13.8 Å². The summed E-state index contributed by atoms with van der Waals surface area (Å²) >= 11 is 0. The van der Waals surface area contributed by atoms with Crippen LogP contribution in [0.5, 0.6) is 12.0 Å². The minimum Gasteiger partial charge on any atom is -0.467 e. The average Bonchev–Trinajstić information content (AvgIpc) is 2.03. The van der Waals surface area contributed by atoms with Crippen molar-refractivity contribution in [3.8, 4) is 12.0 Å². The summed E-state index contributed by atoms with van der Waals surface area (Å²) in [4.78, 5) is 11.1. The summed E-state index contributed by atoms with van der Waals surface area (Å²) < 4.78 is 9.95. The third kappa shape index (κ3) is 2.34. The first-order valence-corrected chi connectivity index (χ1v) is 3.55. The van der Waals surface area contributed by atoms with E-state index in [4.69, 9.17) is 9.47 Å². The van der Waals surface area contributed by atoms with Crippen LogP contribution in [0.1, 0.15) is 13.8 Å². The van der Waals surface area contributed by atoms with Gasteiger partial charge in [0.15, 0.2) is 0 Å². The van der Waals surface area contributed by atoms with Gasteiger partial charge in [0.2, 0.25) is 6.33 Å². The van der Waals surface area contributed by atoms with Gasteiger partial charge < -0.3 is 9.47 Å². The van der Waals surface area contributed by atoms with E-state index in [-0.39, 0.29) is 18.1 Å². The largest absolute Gasteiger partial charge is 0.467 e. The van der Waals surface area contributed by atoms with Gasteiger partial charge in [-0.3, -0.25) is 0 Å². The van der Waals surface area contributed by atoms with Gasteiger partial charge in [0.05, 0.1) is 13.2 Å². The van der Waals surface area contributed by atoms with E-state index in [0.29, 0.717) is 0 Å². The Morgan fingerprint density at radius 1 is 1.25 bits per heavy atom. The Balaban J connectivity index is 2.72. The Kier molecular flexibility index (Phi) is 2.79. The molecule has 0 fully saturated rings. The standard InChI is InChI=1S/C7H10N3O2/c1-5(2)12-7-9-4-8-6(10-7)11-3/h5H,1-3H3. The van der Waals surface area contributed by atoms with Gasteiger partial charge in [0, 0.05) is 0 Å². The molecule has 1 radical (unpaired) electrons. The molecular formula is C7H10N3O2. The topological polar surface area (TPSA) is 57.1 Å². The molecule has 0 aliphatic carbocycles. The third-order valence-electron chi connectivity index (χ3n) is 1.01. The van der Waals surface area contributed by atoms with E-state index in [1.165, 1.54) is 7.11 Å². The highest BCUT2D eigenvalue weighted by atomic mass is 16.5. The SMILES string of the molecule is COc1n[c]nc(OC(C)C)n1. The summed E-state index contributed by atoms with van der Waals surface area (Å²) in [5.74, 6) is 0. The Labute approximate surface area is 70.8 Å². The predicted molar refractivity (Wildman–Crippen MR) is 41.0 cm³/mol. The lowest BCUT2D eigenvalue weighted by atomic mass is 10.5. The lowest BCUT2D eigenvalue weighted by molar-refractivity contribution is 0.216. The zero-order valence-corrected chi connectivity index (χ0v) is 7.24. The van der Waals surface area contributed by atoms with Crippen LogP contribution in [0.15, 0.2) is 0 Å². The van der Waals surface area contributed by atoms with E-state index in [9.17, 15) is 0 Å². The first-order valence-electron chi connectivity index (χ1n) is 3.55. The molecule has 0 atom stereocenters. The number of hydrogen-bond acceptors (Lipinski definition) is 5. The van der Waals surface area contributed by atoms with E-state index in [1.54, 1.807) is 0 Å². The highest BCUT2D eigenvalue weighted by molar-refractivity contribution is 4.98. The molecule has 12 heavy (non-hydrogen) atoms. The fraction of sp³-hybridized carbons (Fsp3) is 0.571. The summed E-state index contributed by atoms with van der Waals surface area (Å²) in [6, 6.07) is 0.442. The maximum atomic E-state index is 5.18. The molecule has 0 N–H and O–H groups in total. The molecule has 0 aromatic carbocycles. The van der Waals surface area contributed by atoms with Crippen molar-refractivity contribution in [1.29, 1.82) is 0 Å². The average molecular weight is 168 g/mol. The zero-order chi connectivity index (χ0) is 8.97. The molecule has 1 aromatic heterocycles.